The van der Waals surface area contributed by atoms with Crippen LogP contribution in [0.4, 0.5) is 0 Å². The van der Waals surface area contributed by atoms with E-state index < -0.39 is 6.10 Å². The third-order valence-electron chi connectivity index (χ3n) is 9.67. The van der Waals surface area contributed by atoms with Crippen molar-refractivity contribution in [2.45, 2.75) is 66.2 Å². The lowest BCUT2D eigenvalue weighted by Crippen LogP contribution is -2.67. The highest BCUT2D eigenvalue weighted by molar-refractivity contribution is 5.82. The standard InChI is InChI=1S/C31H39N2O/c1-7-24-17-33(18-28-22(5)20(3)19(2)21(4)23(28)6)15-13-25(24)16-30(33)31(34)27-12-14-32-29-11-9-8-10-26(27)29/h7-12,14,24-25,30-31,34H,1,13,15-18H2,2-6H3/q+1/t24?,25?,30?,31-,33?/m0/s1. The Balaban J connectivity index is 1.61. The maximum atomic E-state index is 12.0. The van der Waals surface area contributed by atoms with Gasteiger partial charge in [-0.15, -0.1) is 6.58 Å². The van der Waals surface area contributed by atoms with Crippen molar-refractivity contribution in [3.8, 4) is 0 Å². The molecule has 2 aromatic carbocycles. The maximum absolute atomic E-state index is 12.0. The third-order valence-corrected chi connectivity index (χ3v) is 9.67. The average Bonchev–Trinajstić information content (AvgIpc) is 2.88. The first-order chi connectivity index (χ1) is 16.3. The summed E-state index contributed by atoms with van der Waals surface area (Å²) in [5.41, 5.74) is 10.6. The van der Waals surface area contributed by atoms with Crippen LogP contribution >= 0.6 is 0 Å². The monoisotopic (exact) mass is 455 g/mol. The van der Waals surface area contributed by atoms with Crippen molar-refractivity contribution in [3.05, 3.63) is 88.1 Å². The third kappa shape index (κ3) is 3.52. The van der Waals surface area contributed by atoms with Crippen LogP contribution < -0.4 is 0 Å². The quantitative estimate of drug-likeness (QED) is 0.356. The Morgan fingerprint density at radius 2 is 1.71 bits per heavy atom. The van der Waals surface area contributed by atoms with Gasteiger partial charge < -0.3 is 9.59 Å². The van der Waals surface area contributed by atoms with Gasteiger partial charge in [0.1, 0.15) is 18.7 Å². The highest BCUT2D eigenvalue weighted by Crippen LogP contribution is 2.48. The summed E-state index contributed by atoms with van der Waals surface area (Å²) in [7, 11) is 0. The zero-order chi connectivity index (χ0) is 24.2. The second-order valence-electron chi connectivity index (χ2n) is 11.0. The molecule has 3 aliphatic heterocycles. The Labute approximate surface area is 204 Å². The van der Waals surface area contributed by atoms with Crippen LogP contribution in [0, 0.1) is 46.5 Å². The first kappa shape index (κ1) is 23.3. The molecule has 34 heavy (non-hydrogen) atoms. The van der Waals surface area contributed by atoms with Crippen molar-refractivity contribution < 1.29 is 9.59 Å². The van der Waals surface area contributed by atoms with E-state index in [1.807, 2.05) is 24.4 Å². The molecule has 1 N–H and O–H groups in total. The molecule has 4 unspecified atom stereocenters. The molecule has 3 saturated heterocycles. The van der Waals surface area contributed by atoms with Crippen molar-refractivity contribution in [1.82, 2.24) is 4.98 Å². The number of pyridine rings is 1. The number of piperidine rings is 3. The topological polar surface area (TPSA) is 33.1 Å². The van der Waals surface area contributed by atoms with Gasteiger partial charge in [0.05, 0.1) is 18.6 Å². The molecule has 3 nitrogen and oxygen atoms in total. The van der Waals surface area contributed by atoms with E-state index in [2.05, 4.69) is 64.4 Å². The van der Waals surface area contributed by atoms with Gasteiger partial charge in [-0.1, -0.05) is 24.3 Å². The van der Waals surface area contributed by atoms with Crippen molar-refractivity contribution >= 4 is 10.9 Å². The molecule has 3 aliphatic rings. The molecule has 3 heteroatoms. The number of rotatable bonds is 5. The van der Waals surface area contributed by atoms with Crippen LogP contribution in [-0.2, 0) is 6.54 Å². The number of para-hydroxylation sites is 1. The number of fused-ring (bicyclic) bond motifs is 4. The van der Waals surface area contributed by atoms with Crippen LogP contribution in [0.15, 0.2) is 49.2 Å². The number of aliphatic hydroxyl groups is 1. The van der Waals surface area contributed by atoms with Crippen molar-refractivity contribution in [2.75, 3.05) is 13.1 Å². The van der Waals surface area contributed by atoms with Crippen molar-refractivity contribution in [3.63, 3.8) is 0 Å². The Morgan fingerprint density at radius 3 is 2.41 bits per heavy atom. The van der Waals surface area contributed by atoms with Crippen molar-refractivity contribution in [2.24, 2.45) is 11.8 Å². The molecule has 3 aromatic rings. The minimum Gasteiger partial charge on any atom is -0.382 e. The molecule has 0 aliphatic carbocycles. The number of aliphatic hydroxyl groups excluding tert-OH is 1. The lowest BCUT2D eigenvalue weighted by molar-refractivity contribution is -0.985. The number of nitrogens with zero attached hydrogens (tertiary/aromatic N) is 2. The SMILES string of the molecule is C=CC1C[N+]2(Cc3c(C)c(C)c(C)c(C)c3C)CCC1CC2[C@@H](O)c1ccnc2ccccc12. The zero-order valence-electron chi connectivity index (χ0n) is 21.4. The highest BCUT2D eigenvalue weighted by Gasteiger charge is 2.54. The van der Waals surface area contributed by atoms with Crippen LogP contribution in [0.25, 0.3) is 10.9 Å². The second-order valence-corrected chi connectivity index (χ2v) is 11.0. The fourth-order valence-electron chi connectivity index (χ4n) is 7.09. The molecule has 2 bridgehead atoms. The van der Waals surface area contributed by atoms with E-state index in [-0.39, 0.29) is 6.04 Å². The van der Waals surface area contributed by atoms with E-state index in [4.69, 9.17) is 0 Å². The van der Waals surface area contributed by atoms with Gasteiger partial charge in [-0.25, -0.2) is 0 Å². The first-order valence-electron chi connectivity index (χ1n) is 12.8. The molecule has 3 fully saturated rings. The minimum atomic E-state index is -0.505. The summed E-state index contributed by atoms with van der Waals surface area (Å²) in [4.78, 5) is 4.55. The predicted molar refractivity (Wildman–Crippen MR) is 141 cm³/mol. The number of hydrogen-bond donors (Lipinski definition) is 1. The van der Waals surface area contributed by atoms with Crippen molar-refractivity contribution in [1.29, 1.82) is 0 Å². The fraction of sp³-hybridized carbons (Fsp3) is 0.452. The summed E-state index contributed by atoms with van der Waals surface area (Å²) < 4.78 is 0.953. The largest absolute Gasteiger partial charge is 0.382 e. The molecule has 1 aromatic heterocycles. The van der Waals surface area contributed by atoms with Gasteiger partial charge in [0.2, 0.25) is 0 Å². The van der Waals surface area contributed by atoms with E-state index in [0.717, 1.165) is 47.0 Å². The highest BCUT2D eigenvalue weighted by atomic mass is 16.3. The summed E-state index contributed by atoms with van der Waals surface area (Å²) in [6.45, 7) is 18.8. The Kier molecular flexibility index (Phi) is 5.90. The number of benzene rings is 2. The summed E-state index contributed by atoms with van der Waals surface area (Å²) in [6.07, 6.45) is 5.81. The van der Waals surface area contributed by atoms with Crippen LogP contribution in [0.2, 0.25) is 0 Å². The van der Waals surface area contributed by atoms with Gasteiger partial charge in [0.15, 0.2) is 0 Å². The lowest BCUT2D eigenvalue weighted by Gasteiger charge is -2.58. The Morgan fingerprint density at radius 1 is 1.03 bits per heavy atom. The zero-order valence-corrected chi connectivity index (χ0v) is 21.4. The van der Waals surface area contributed by atoms with Gasteiger partial charge in [-0.3, -0.25) is 4.98 Å². The number of quaternary nitrogens is 1. The molecule has 0 saturated carbocycles. The molecule has 5 atom stereocenters. The molecule has 0 amide bonds. The van der Waals surface area contributed by atoms with E-state index in [9.17, 15) is 5.11 Å². The van der Waals surface area contributed by atoms with E-state index in [1.165, 1.54) is 39.8 Å². The Bertz CT molecular complexity index is 1230. The average molecular weight is 456 g/mol. The van der Waals surface area contributed by atoms with E-state index in [0.29, 0.717) is 11.8 Å². The van der Waals surface area contributed by atoms with E-state index in [1.54, 1.807) is 0 Å². The molecular formula is C31H39N2O+. The molecule has 0 radical (unpaired) electrons. The maximum Gasteiger partial charge on any atom is 0.131 e. The molecule has 0 spiro atoms. The lowest BCUT2D eigenvalue weighted by atomic mass is 9.70. The van der Waals surface area contributed by atoms with Gasteiger partial charge in [0.25, 0.3) is 0 Å². The number of hydrogen-bond acceptors (Lipinski definition) is 2. The van der Waals surface area contributed by atoms with Crippen LogP contribution in [0.1, 0.15) is 57.9 Å². The molecule has 6 rings (SSSR count). The molecular weight excluding hydrogens is 416 g/mol. The number of aromatic nitrogens is 1. The normalized spacial score (nSPS) is 27.2. The Hall–Kier alpha value is -2.49. The first-order valence-corrected chi connectivity index (χ1v) is 12.8. The second kappa shape index (κ2) is 8.62. The predicted octanol–water partition coefficient (Wildman–Crippen LogP) is 6.42. The fourth-order valence-corrected chi connectivity index (χ4v) is 7.09. The summed E-state index contributed by atoms with van der Waals surface area (Å²) in [5.74, 6) is 1.15. The van der Waals surface area contributed by atoms with Gasteiger partial charge in [-0.2, -0.15) is 0 Å². The molecule has 178 valence electrons. The molecule has 4 heterocycles. The smallest absolute Gasteiger partial charge is 0.131 e. The van der Waals surface area contributed by atoms with Gasteiger partial charge >= 0.3 is 0 Å². The summed E-state index contributed by atoms with van der Waals surface area (Å²) in [5, 5.41) is 13.1. The summed E-state index contributed by atoms with van der Waals surface area (Å²) >= 11 is 0. The minimum absolute atomic E-state index is 0.182. The van der Waals surface area contributed by atoms with Gasteiger partial charge in [-0.05, 0) is 86.1 Å². The van der Waals surface area contributed by atoms with E-state index >= 15 is 0 Å². The summed E-state index contributed by atoms with van der Waals surface area (Å²) in [6, 6.07) is 10.4. The van der Waals surface area contributed by atoms with Crippen LogP contribution in [0.3, 0.4) is 0 Å². The van der Waals surface area contributed by atoms with Crippen LogP contribution in [0.5, 0.6) is 0 Å². The van der Waals surface area contributed by atoms with Crippen LogP contribution in [-0.4, -0.2) is 33.7 Å². The van der Waals surface area contributed by atoms with Gasteiger partial charge in [0, 0.05) is 35.9 Å².